The van der Waals surface area contributed by atoms with Gasteiger partial charge in [0.1, 0.15) is 6.04 Å². The zero-order chi connectivity index (χ0) is 13.7. The molecule has 1 aromatic carbocycles. The van der Waals surface area contributed by atoms with Crippen LogP contribution in [0.4, 0.5) is 0 Å². The minimum absolute atomic E-state index is 0.0990. The molecular weight excluding hydrogens is 246 g/mol. The first-order chi connectivity index (χ1) is 8.51. The summed E-state index contributed by atoms with van der Waals surface area (Å²) < 4.78 is 0. The van der Waals surface area contributed by atoms with Crippen LogP contribution in [0.2, 0.25) is 0 Å². The van der Waals surface area contributed by atoms with E-state index in [4.69, 9.17) is 0 Å². The van der Waals surface area contributed by atoms with Crippen LogP contribution in [0.3, 0.4) is 0 Å². The third-order valence-electron chi connectivity index (χ3n) is 3.37. The Morgan fingerprint density at radius 3 is 2.33 bits per heavy atom. The molecule has 0 aliphatic heterocycles. The number of carboxylic acid groups (broad SMARTS) is 1. The molecule has 1 rings (SSSR count). The normalized spacial score (nSPS) is 14.5. The monoisotopic (exact) mass is 267 g/mol. The molecule has 2 atom stereocenters. The fourth-order valence-corrected chi connectivity index (χ4v) is 2.43. The minimum Gasteiger partial charge on any atom is -0.480 e. The molecule has 2 unspecified atom stereocenters. The zero-order valence-electron chi connectivity index (χ0n) is 11.4. The molecule has 0 aromatic heterocycles. The highest BCUT2D eigenvalue weighted by atomic mass is 32.2. The maximum absolute atomic E-state index is 11.2. The van der Waals surface area contributed by atoms with Crippen molar-refractivity contribution in [3.63, 3.8) is 0 Å². The average Bonchev–Trinajstić information content (AvgIpc) is 2.38. The van der Waals surface area contributed by atoms with Crippen molar-refractivity contribution < 1.29 is 9.90 Å². The van der Waals surface area contributed by atoms with Crippen LogP contribution < -0.4 is 0 Å². The third-order valence-corrected chi connectivity index (χ3v) is 4.12. The Hall–Kier alpha value is -1.00. The molecule has 0 saturated heterocycles. The fourth-order valence-electron chi connectivity index (χ4n) is 2.02. The van der Waals surface area contributed by atoms with E-state index in [1.807, 2.05) is 32.1 Å². The predicted octanol–water partition coefficient (Wildman–Crippen LogP) is 3.26. The van der Waals surface area contributed by atoms with Crippen molar-refractivity contribution >= 4 is 17.7 Å². The summed E-state index contributed by atoms with van der Waals surface area (Å²) in [7, 11) is 1.87. The van der Waals surface area contributed by atoms with Gasteiger partial charge in [-0.05, 0) is 44.3 Å². The van der Waals surface area contributed by atoms with Crippen molar-refractivity contribution in [2.45, 2.75) is 37.2 Å². The highest BCUT2D eigenvalue weighted by Gasteiger charge is 2.25. The number of benzene rings is 1. The molecule has 0 fully saturated rings. The van der Waals surface area contributed by atoms with Gasteiger partial charge >= 0.3 is 5.97 Å². The van der Waals surface area contributed by atoms with Gasteiger partial charge in [-0.3, -0.25) is 9.69 Å². The molecule has 0 aliphatic rings. The molecule has 0 spiro atoms. The Morgan fingerprint density at radius 2 is 1.94 bits per heavy atom. The standard InChI is InChI=1S/C14H21NO2S/c1-5-13(14(16)17)15(3)10(2)11-6-8-12(18-4)9-7-11/h6-10,13H,5H2,1-4H3,(H,16,17). The summed E-state index contributed by atoms with van der Waals surface area (Å²) in [6, 6.07) is 7.96. The van der Waals surface area contributed by atoms with Crippen molar-refractivity contribution in [3.8, 4) is 0 Å². The summed E-state index contributed by atoms with van der Waals surface area (Å²) >= 11 is 1.71. The maximum atomic E-state index is 11.2. The number of aliphatic carboxylic acids is 1. The summed E-state index contributed by atoms with van der Waals surface area (Å²) in [5, 5.41) is 9.18. The first-order valence-electron chi connectivity index (χ1n) is 6.10. The van der Waals surface area contributed by atoms with Crippen molar-refractivity contribution in [3.05, 3.63) is 29.8 Å². The highest BCUT2D eigenvalue weighted by molar-refractivity contribution is 7.98. The summed E-state index contributed by atoms with van der Waals surface area (Å²) in [6.45, 7) is 3.94. The van der Waals surface area contributed by atoms with E-state index in [9.17, 15) is 9.90 Å². The number of rotatable bonds is 6. The Labute approximate surface area is 113 Å². The SMILES string of the molecule is CCC(C(=O)O)N(C)C(C)c1ccc(SC)cc1. The second-order valence-electron chi connectivity index (χ2n) is 4.38. The molecule has 0 saturated carbocycles. The lowest BCUT2D eigenvalue weighted by Crippen LogP contribution is -2.39. The number of likely N-dealkylation sites (N-methyl/N-ethyl adjacent to an activating group) is 1. The van der Waals surface area contributed by atoms with Crippen LogP contribution in [-0.4, -0.2) is 35.3 Å². The van der Waals surface area contributed by atoms with Crippen molar-refractivity contribution in [2.24, 2.45) is 0 Å². The number of hydrogen-bond donors (Lipinski definition) is 1. The van der Waals surface area contributed by atoms with Crippen LogP contribution in [-0.2, 0) is 4.79 Å². The number of hydrogen-bond acceptors (Lipinski definition) is 3. The molecule has 4 heteroatoms. The Morgan fingerprint density at radius 1 is 1.39 bits per heavy atom. The van der Waals surface area contributed by atoms with E-state index in [1.54, 1.807) is 11.8 Å². The van der Waals surface area contributed by atoms with Crippen LogP contribution in [0.15, 0.2) is 29.2 Å². The molecule has 0 heterocycles. The van der Waals surface area contributed by atoms with Gasteiger partial charge in [-0.1, -0.05) is 19.1 Å². The quantitative estimate of drug-likeness (QED) is 0.803. The van der Waals surface area contributed by atoms with Crippen LogP contribution in [0, 0.1) is 0 Å². The van der Waals surface area contributed by atoms with Crippen LogP contribution in [0.25, 0.3) is 0 Å². The van der Waals surface area contributed by atoms with E-state index in [0.29, 0.717) is 6.42 Å². The lowest BCUT2D eigenvalue weighted by atomic mass is 10.0. The van der Waals surface area contributed by atoms with E-state index in [0.717, 1.165) is 5.56 Å². The van der Waals surface area contributed by atoms with Gasteiger partial charge < -0.3 is 5.11 Å². The number of carbonyl (C=O) groups is 1. The smallest absolute Gasteiger partial charge is 0.320 e. The second kappa shape index (κ2) is 6.81. The largest absolute Gasteiger partial charge is 0.480 e. The third kappa shape index (κ3) is 3.50. The van der Waals surface area contributed by atoms with Crippen molar-refractivity contribution in [1.29, 1.82) is 0 Å². The Bertz CT molecular complexity index is 391. The van der Waals surface area contributed by atoms with Crippen LogP contribution in [0.5, 0.6) is 0 Å². The molecule has 100 valence electrons. The number of nitrogens with zero attached hydrogens (tertiary/aromatic N) is 1. The molecular formula is C14H21NO2S. The van der Waals surface area contributed by atoms with Gasteiger partial charge in [0.15, 0.2) is 0 Å². The molecule has 1 N–H and O–H groups in total. The molecule has 18 heavy (non-hydrogen) atoms. The zero-order valence-corrected chi connectivity index (χ0v) is 12.2. The van der Waals surface area contributed by atoms with Crippen molar-refractivity contribution in [1.82, 2.24) is 4.90 Å². The van der Waals surface area contributed by atoms with Gasteiger partial charge in [-0.25, -0.2) is 0 Å². The van der Waals surface area contributed by atoms with E-state index in [-0.39, 0.29) is 6.04 Å². The topological polar surface area (TPSA) is 40.5 Å². The molecule has 0 amide bonds. The highest BCUT2D eigenvalue weighted by Crippen LogP contribution is 2.24. The number of carboxylic acids is 1. The molecule has 0 radical (unpaired) electrons. The first-order valence-corrected chi connectivity index (χ1v) is 7.32. The molecule has 1 aromatic rings. The van der Waals surface area contributed by atoms with Gasteiger partial charge in [0.05, 0.1) is 0 Å². The average molecular weight is 267 g/mol. The minimum atomic E-state index is -0.757. The maximum Gasteiger partial charge on any atom is 0.320 e. The molecule has 0 bridgehead atoms. The Kier molecular flexibility index (Phi) is 5.69. The van der Waals surface area contributed by atoms with Gasteiger partial charge in [0, 0.05) is 10.9 Å². The lowest BCUT2D eigenvalue weighted by Gasteiger charge is -2.30. The van der Waals surface area contributed by atoms with E-state index in [1.165, 1.54) is 4.90 Å². The Balaban J connectivity index is 2.84. The predicted molar refractivity (Wildman–Crippen MR) is 76.1 cm³/mol. The van der Waals surface area contributed by atoms with Gasteiger partial charge in [0.2, 0.25) is 0 Å². The fraction of sp³-hybridized carbons (Fsp3) is 0.500. The van der Waals surface area contributed by atoms with Crippen molar-refractivity contribution in [2.75, 3.05) is 13.3 Å². The first kappa shape index (κ1) is 15.1. The van der Waals surface area contributed by atoms with E-state index in [2.05, 4.69) is 24.3 Å². The van der Waals surface area contributed by atoms with Gasteiger partial charge in [-0.2, -0.15) is 0 Å². The van der Waals surface area contributed by atoms with Crippen LogP contribution >= 0.6 is 11.8 Å². The number of thioether (sulfide) groups is 1. The molecule has 3 nitrogen and oxygen atoms in total. The van der Waals surface area contributed by atoms with E-state index >= 15 is 0 Å². The van der Waals surface area contributed by atoms with Crippen LogP contribution in [0.1, 0.15) is 31.9 Å². The summed E-state index contributed by atoms with van der Waals surface area (Å²) in [4.78, 5) is 14.3. The van der Waals surface area contributed by atoms with Gasteiger partial charge in [-0.15, -0.1) is 11.8 Å². The van der Waals surface area contributed by atoms with Gasteiger partial charge in [0.25, 0.3) is 0 Å². The lowest BCUT2D eigenvalue weighted by molar-refractivity contribution is -0.143. The van der Waals surface area contributed by atoms with E-state index < -0.39 is 12.0 Å². The second-order valence-corrected chi connectivity index (χ2v) is 5.26. The summed E-state index contributed by atoms with van der Waals surface area (Å²) in [5.41, 5.74) is 1.15. The molecule has 0 aliphatic carbocycles. The summed E-state index contributed by atoms with van der Waals surface area (Å²) in [6.07, 6.45) is 2.65. The summed E-state index contributed by atoms with van der Waals surface area (Å²) in [5.74, 6) is -0.757.